The third-order valence-electron chi connectivity index (χ3n) is 7.02. The summed E-state index contributed by atoms with van der Waals surface area (Å²) in [5.74, 6) is -1.42. The number of alkyl halides is 3. The Labute approximate surface area is 212 Å². The molecule has 0 amide bonds. The van der Waals surface area contributed by atoms with E-state index in [2.05, 4.69) is 0 Å². The molecule has 1 aliphatic carbocycles. The molecular weight excluding hydrogens is 505 g/mol. The monoisotopic (exact) mass is 527 g/mol. The lowest BCUT2D eigenvalue weighted by Crippen LogP contribution is -2.44. The van der Waals surface area contributed by atoms with Gasteiger partial charge in [-0.3, -0.25) is 23.1 Å². The van der Waals surface area contributed by atoms with Gasteiger partial charge in [-0.05, 0) is 61.1 Å². The zero-order valence-corrected chi connectivity index (χ0v) is 20.4. The van der Waals surface area contributed by atoms with E-state index in [4.69, 9.17) is 0 Å². The lowest BCUT2D eigenvalue weighted by Gasteiger charge is -2.17. The molecule has 38 heavy (non-hydrogen) atoms. The normalized spacial score (nSPS) is 13.8. The van der Waals surface area contributed by atoms with Crippen molar-refractivity contribution in [3.63, 3.8) is 0 Å². The molecule has 2 aromatic carbocycles. The molecule has 4 aromatic rings. The van der Waals surface area contributed by atoms with Crippen LogP contribution >= 0.6 is 0 Å². The Morgan fingerprint density at radius 2 is 1.74 bits per heavy atom. The number of hydrogen-bond acceptors (Lipinski definition) is 5. The second kappa shape index (κ2) is 8.89. The SMILES string of the molecule is Cc1c(Cn2c(=O)c(C(=O)[O-])cn(-c3ccc4c(c3)n(C)c(=O)n4CC3CC3)c2=O)cccc1C(F)(F)F. The van der Waals surface area contributed by atoms with E-state index < -0.39 is 41.1 Å². The summed E-state index contributed by atoms with van der Waals surface area (Å²) in [7, 11) is 1.57. The van der Waals surface area contributed by atoms with Gasteiger partial charge in [0.15, 0.2) is 0 Å². The second-order valence-electron chi connectivity index (χ2n) is 9.53. The summed E-state index contributed by atoms with van der Waals surface area (Å²) in [4.78, 5) is 50.9. The Morgan fingerprint density at radius 1 is 1.03 bits per heavy atom. The van der Waals surface area contributed by atoms with Gasteiger partial charge in [0.1, 0.15) is 0 Å². The minimum absolute atomic E-state index is 0.0241. The van der Waals surface area contributed by atoms with Gasteiger partial charge >= 0.3 is 17.6 Å². The number of nitrogens with zero attached hydrogens (tertiary/aromatic N) is 4. The second-order valence-corrected chi connectivity index (χ2v) is 9.53. The van der Waals surface area contributed by atoms with E-state index in [1.165, 1.54) is 29.7 Å². The lowest BCUT2D eigenvalue weighted by atomic mass is 10.0. The first-order chi connectivity index (χ1) is 17.9. The molecule has 0 unspecified atom stereocenters. The van der Waals surface area contributed by atoms with Gasteiger partial charge in [0.2, 0.25) is 0 Å². The molecule has 9 nitrogen and oxygen atoms in total. The molecular formula is C26H22F3N4O5-. The van der Waals surface area contributed by atoms with E-state index in [1.807, 2.05) is 0 Å². The van der Waals surface area contributed by atoms with Gasteiger partial charge in [-0.2, -0.15) is 13.2 Å². The number of halogens is 3. The smallest absolute Gasteiger partial charge is 0.416 e. The fourth-order valence-electron chi connectivity index (χ4n) is 4.68. The minimum Gasteiger partial charge on any atom is -0.545 e. The van der Waals surface area contributed by atoms with E-state index in [0.29, 0.717) is 28.1 Å². The van der Waals surface area contributed by atoms with Gasteiger partial charge < -0.3 is 9.90 Å². The number of carboxylic acid groups (broad SMARTS) is 1. The van der Waals surface area contributed by atoms with Crippen LogP contribution in [0.5, 0.6) is 0 Å². The summed E-state index contributed by atoms with van der Waals surface area (Å²) in [6.45, 7) is 1.18. The van der Waals surface area contributed by atoms with Crippen LogP contribution in [0.15, 0.2) is 57.0 Å². The number of imidazole rings is 1. The molecule has 1 fully saturated rings. The number of aromatic nitrogens is 4. The van der Waals surface area contributed by atoms with Crippen LogP contribution < -0.4 is 22.0 Å². The van der Waals surface area contributed by atoms with Crippen molar-refractivity contribution < 1.29 is 23.1 Å². The first kappa shape index (κ1) is 25.3. The molecule has 0 aliphatic heterocycles. The van der Waals surface area contributed by atoms with Gasteiger partial charge in [0.25, 0.3) is 5.56 Å². The van der Waals surface area contributed by atoms with Crippen LogP contribution in [-0.4, -0.2) is 24.2 Å². The summed E-state index contributed by atoms with van der Waals surface area (Å²) in [6, 6.07) is 8.02. The first-order valence-electron chi connectivity index (χ1n) is 11.8. The highest BCUT2D eigenvalue weighted by Gasteiger charge is 2.33. The Hall–Kier alpha value is -4.35. The maximum atomic E-state index is 13.4. The molecule has 0 bridgehead atoms. The van der Waals surface area contributed by atoms with Crippen molar-refractivity contribution in [2.45, 2.75) is 39.0 Å². The highest BCUT2D eigenvalue weighted by Crippen LogP contribution is 2.33. The summed E-state index contributed by atoms with van der Waals surface area (Å²) in [5.41, 5.74) is -3.05. The molecule has 0 N–H and O–H groups in total. The quantitative estimate of drug-likeness (QED) is 0.380. The number of benzene rings is 2. The maximum Gasteiger partial charge on any atom is 0.416 e. The molecule has 0 radical (unpaired) electrons. The van der Waals surface area contributed by atoms with Crippen LogP contribution in [0.1, 0.15) is 39.9 Å². The van der Waals surface area contributed by atoms with Crippen LogP contribution in [-0.2, 0) is 26.3 Å². The van der Waals surface area contributed by atoms with Crippen molar-refractivity contribution in [1.82, 2.24) is 18.3 Å². The van der Waals surface area contributed by atoms with Gasteiger partial charge in [-0.1, -0.05) is 12.1 Å². The maximum absolute atomic E-state index is 13.4. The Morgan fingerprint density at radius 3 is 2.37 bits per heavy atom. The van der Waals surface area contributed by atoms with E-state index in [9.17, 15) is 37.5 Å². The molecule has 1 saturated carbocycles. The number of hydrogen-bond donors (Lipinski definition) is 0. The van der Waals surface area contributed by atoms with Crippen molar-refractivity contribution in [1.29, 1.82) is 0 Å². The number of rotatable bonds is 6. The summed E-state index contributed by atoms with van der Waals surface area (Å²) < 4.78 is 44.7. The third-order valence-corrected chi connectivity index (χ3v) is 7.02. The van der Waals surface area contributed by atoms with Crippen LogP contribution in [0.3, 0.4) is 0 Å². The molecule has 5 rings (SSSR count). The molecule has 2 heterocycles. The fraction of sp³-hybridized carbons (Fsp3) is 0.308. The number of aromatic carboxylic acids is 1. The zero-order valence-electron chi connectivity index (χ0n) is 20.4. The standard InChI is InChI=1S/C26H23F3N4O5/c1-14-16(4-3-5-19(14)26(27,28)29)12-33-22(34)18(23(35)36)13-31(25(33)38)17-8-9-20-21(10-17)30(2)24(37)32(20)11-15-6-7-15/h3-5,8-10,13,15H,6-7,11-12H2,1-2H3,(H,35,36)/p-1. The summed E-state index contributed by atoms with van der Waals surface area (Å²) in [5, 5.41) is 11.8. The highest BCUT2D eigenvalue weighted by molar-refractivity contribution is 5.85. The predicted octanol–water partition coefficient (Wildman–Crippen LogP) is 1.80. The summed E-state index contributed by atoms with van der Waals surface area (Å²) >= 11 is 0. The van der Waals surface area contributed by atoms with Crippen molar-refractivity contribution in [2.75, 3.05) is 0 Å². The van der Waals surface area contributed by atoms with Crippen LogP contribution in [0.4, 0.5) is 13.2 Å². The first-order valence-corrected chi connectivity index (χ1v) is 11.8. The Bertz CT molecular complexity index is 1790. The number of carboxylic acids is 1. The van der Waals surface area contributed by atoms with Crippen molar-refractivity contribution >= 4 is 17.0 Å². The Balaban J connectivity index is 1.68. The largest absolute Gasteiger partial charge is 0.545 e. The molecule has 12 heteroatoms. The highest BCUT2D eigenvalue weighted by atomic mass is 19.4. The molecule has 1 aliphatic rings. The number of fused-ring (bicyclic) bond motifs is 1. The molecule has 2 aromatic heterocycles. The van der Waals surface area contributed by atoms with Crippen molar-refractivity contribution in [3.8, 4) is 5.69 Å². The van der Waals surface area contributed by atoms with Crippen molar-refractivity contribution in [2.24, 2.45) is 13.0 Å². The third kappa shape index (κ3) is 4.25. The predicted molar refractivity (Wildman–Crippen MR) is 129 cm³/mol. The average molecular weight is 527 g/mol. The molecule has 0 spiro atoms. The van der Waals surface area contributed by atoms with Crippen LogP contribution in [0.25, 0.3) is 16.7 Å². The Kier molecular flexibility index (Phi) is 5.92. The van der Waals surface area contributed by atoms with Crippen molar-refractivity contribution in [3.05, 3.63) is 96.2 Å². The fourth-order valence-corrected chi connectivity index (χ4v) is 4.68. The molecule has 0 saturated heterocycles. The number of carbonyl (C=O) groups excluding carboxylic acids is 1. The topological polar surface area (TPSA) is 111 Å². The lowest BCUT2D eigenvalue weighted by molar-refractivity contribution is -0.255. The average Bonchev–Trinajstić information content (AvgIpc) is 3.64. The van der Waals surface area contributed by atoms with E-state index in [1.54, 1.807) is 17.7 Å². The van der Waals surface area contributed by atoms with Gasteiger partial charge in [-0.15, -0.1) is 0 Å². The number of aryl methyl sites for hydroxylation is 1. The minimum atomic E-state index is -4.65. The van der Waals surface area contributed by atoms with E-state index in [0.717, 1.165) is 35.7 Å². The molecule has 0 atom stereocenters. The van der Waals surface area contributed by atoms with E-state index in [-0.39, 0.29) is 22.5 Å². The van der Waals surface area contributed by atoms with Crippen LogP contribution in [0.2, 0.25) is 0 Å². The van der Waals surface area contributed by atoms with E-state index >= 15 is 0 Å². The van der Waals surface area contributed by atoms with Crippen LogP contribution in [0, 0.1) is 12.8 Å². The van der Waals surface area contributed by atoms with Gasteiger partial charge in [0, 0.05) is 19.8 Å². The van der Waals surface area contributed by atoms with Gasteiger partial charge in [-0.25, -0.2) is 9.59 Å². The zero-order chi connectivity index (χ0) is 27.5. The summed E-state index contributed by atoms with van der Waals surface area (Å²) in [6.07, 6.45) is -1.75. The molecule has 198 valence electrons. The van der Waals surface area contributed by atoms with Gasteiger partial charge in [0.05, 0.1) is 40.4 Å². The number of carbonyl (C=O) groups is 1.